The Morgan fingerprint density at radius 3 is 2.66 bits per heavy atom. The van der Waals surface area contributed by atoms with Gasteiger partial charge >= 0.3 is 201 Å². The second kappa shape index (κ2) is 9.98. The van der Waals surface area contributed by atoms with Gasteiger partial charge in [0.25, 0.3) is 0 Å². The molecule has 2 aromatic carbocycles. The van der Waals surface area contributed by atoms with Gasteiger partial charge in [-0.15, -0.1) is 0 Å². The van der Waals surface area contributed by atoms with E-state index in [1.807, 2.05) is 17.8 Å². The van der Waals surface area contributed by atoms with Gasteiger partial charge in [0.15, 0.2) is 0 Å². The topological polar surface area (TPSA) is 61.5 Å². The summed E-state index contributed by atoms with van der Waals surface area (Å²) < 4.78 is 36.3. The second-order valence-electron chi connectivity index (χ2n) is 7.57. The van der Waals surface area contributed by atoms with Crippen molar-refractivity contribution in [3.63, 3.8) is 0 Å². The quantitative estimate of drug-likeness (QED) is 0.257. The van der Waals surface area contributed by atoms with Crippen molar-refractivity contribution in [1.29, 1.82) is 0 Å². The monoisotopic (exact) mass is 535 g/mol. The SMILES string of the molecule is CCC(=Cc1[se]c2ccccc2[n+]1CCCS(=O)(=O)O)/C=C1\Sc2ccccc2N1CC. The van der Waals surface area contributed by atoms with E-state index in [1.165, 1.54) is 30.0 Å². The van der Waals surface area contributed by atoms with Gasteiger partial charge in [-0.05, 0) is 0 Å². The number of benzene rings is 2. The molecule has 0 unspecified atom stereocenters. The van der Waals surface area contributed by atoms with Crippen LogP contribution in [0.15, 0.2) is 70.1 Å². The number of hydrogen-bond acceptors (Lipinski definition) is 4. The molecule has 0 aliphatic carbocycles. The first kappa shape index (κ1) is 23.3. The Balaban J connectivity index is 1.69. The molecule has 0 atom stereocenters. The molecule has 0 fully saturated rings. The van der Waals surface area contributed by atoms with Gasteiger partial charge in [0.2, 0.25) is 0 Å². The van der Waals surface area contributed by atoms with Gasteiger partial charge in [-0.3, -0.25) is 0 Å². The van der Waals surface area contributed by atoms with Gasteiger partial charge in [0.05, 0.1) is 0 Å². The van der Waals surface area contributed by atoms with Crippen LogP contribution in [0.3, 0.4) is 0 Å². The molecule has 4 rings (SSSR count). The summed E-state index contributed by atoms with van der Waals surface area (Å²) in [6.45, 7) is 5.83. The van der Waals surface area contributed by atoms with E-state index in [1.54, 1.807) is 0 Å². The number of para-hydroxylation sites is 2. The molecule has 3 aromatic rings. The predicted molar refractivity (Wildman–Crippen MR) is 134 cm³/mol. The third-order valence-electron chi connectivity index (χ3n) is 5.40. The van der Waals surface area contributed by atoms with Crippen LogP contribution >= 0.6 is 11.8 Å². The molecular formula is C24H27N2O3S2Se+. The van der Waals surface area contributed by atoms with Crippen LogP contribution in [0.4, 0.5) is 5.69 Å². The molecule has 8 heteroatoms. The van der Waals surface area contributed by atoms with Crippen LogP contribution in [0.5, 0.6) is 0 Å². The first-order chi connectivity index (χ1) is 15.4. The minimum absolute atomic E-state index is 0.157. The van der Waals surface area contributed by atoms with E-state index >= 15 is 0 Å². The van der Waals surface area contributed by atoms with Crippen molar-refractivity contribution in [3.05, 3.63) is 69.8 Å². The van der Waals surface area contributed by atoms with Crippen LogP contribution in [-0.4, -0.2) is 39.8 Å². The molecule has 168 valence electrons. The van der Waals surface area contributed by atoms with Crippen LogP contribution in [0.2, 0.25) is 0 Å². The third kappa shape index (κ3) is 5.21. The maximum atomic E-state index is 11.2. The fraction of sp³-hybridized carbons (Fsp3) is 0.292. The molecular weight excluding hydrogens is 507 g/mol. The number of anilines is 1. The predicted octanol–water partition coefficient (Wildman–Crippen LogP) is 4.73. The number of allylic oxidation sites excluding steroid dienone is 2. The molecule has 0 spiro atoms. The summed E-state index contributed by atoms with van der Waals surface area (Å²) in [5.41, 5.74) is 3.66. The van der Waals surface area contributed by atoms with Gasteiger partial charge in [-0.1, -0.05) is 0 Å². The van der Waals surface area contributed by atoms with E-state index in [9.17, 15) is 8.42 Å². The Morgan fingerprint density at radius 1 is 1.16 bits per heavy atom. The zero-order chi connectivity index (χ0) is 22.7. The van der Waals surface area contributed by atoms with Crippen LogP contribution < -0.4 is 9.47 Å². The molecule has 32 heavy (non-hydrogen) atoms. The Hall–Kier alpha value is -1.83. The molecule has 0 saturated heterocycles. The average Bonchev–Trinajstić information content (AvgIpc) is 3.29. The van der Waals surface area contributed by atoms with Crippen LogP contribution in [0.1, 0.15) is 31.3 Å². The van der Waals surface area contributed by atoms with Gasteiger partial charge in [-0.2, -0.15) is 0 Å². The van der Waals surface area contributed by atoms with Crippen LogP contribution in [0.25, 0.3) is 15.9 Å². The van der Waals surface area contributed by atoms with Gasteiger partial charge < -0.3 is 0 Å². The summed E-state index contributed by atoms with van der Waals surface area (Å²) >= 11 is 1.97. The van der Waals surface area contributed by atoms with Crippen molar-refractivity contribution >= 4 is 57.9 Å². The number of hydrogen-bond donors (Lipinski definition) is 1. The van der Waals surface area contributed by atoms with Gasteiger partial charge in [0.1, 0.15) is 0 Å². The number of thioether (sulfide) groups is 1. The number of fused-ring (bicyclic) bond motifs is 2. The number of aryl methyl sites for hydroxylation is 1. The standard InChI is InChI=1S/C24H26N2O3S2Se/c1-3-18(16-23-25(4-2)19-10-5-7-12-21(19)30-23)17-24-26(14-9-15-31(27,28)29)20-11-6-8-13-22(20)32-24/h5-8,10-13,16-17H,3-4,9,14-15H2,1-2H3/p+1. The molecule has 1 aliphatic heterocycles. The first-order valence-corrected chi connectivity index (χ1v) is 14.9. The minimum atomic E-state index is -3.95. The molecule has 5 nitrogen and oxygen atoms in total. The third-order valence-corrected chi connectivity index (χ3v) is 9.65. The van der Waals surface area contributed by atoms with E-state index in [0.29, 0.717) is 13.0 Å². The molecule has 0 bridgehead atoms. The van der Waals surface area contributed by atoms with Crippen molar-refractivity contribution in [1.82, 2.24) is 0 Å². The molecule has 2 heterocycles. The normalized spacial score (nSPS) is 15.7. The van der Waals surface area contributed by atoms with E-state index in [2.05, 4.69) is 77.9 Å². The van der Waals surface area contributed by atoms with Crippen molar-refractivity contribution in [2.75, 3.05) is 17.2 Å². The number of aromatic nitrogens is 1. The molecule has 1 N–H and O–H groups in total. The molecule has 0 saturated carbocycles. The average molecular weight is 535 g/mol. The molecule has 0 amide bonds. The Morgan fingerprint density at radius 2 is 1.91 bits per heavy atom. The molecule has 1 aliphatic rings. The Bertz CT molecular complexity index is 1300. The van der Waals surface area contributed by atoms with Crippen LogP contribution in [-0.2, 0) is 16.7 Å². The maximum absolute atomic E-state index is 11.2. The summed E-state index contributed by atoms with van der Waals surface area (Å²) in [6.07, 6.45) is 5.86. The summed E-state index contributed by atoms with van der Waals surface area (Å²) in [7, 11) is -3.95. The summed E-state index contributed by atoms with van der Waals surface area (Å²) in [6, 6.07) is 16.8. The fourth-order valence-corrected chi connectivity index (χ4v) is 7.99. The van der Waals surface area contributed by atoms with Gasteiger partial charge in [0, 0.05) is 0 Å². The number of rotatable bonds is 8. The molecule has 1 aromatic heterocycles. The van der Waals surface area contributed by atoms with Crippen molar-refractivity contribution in [2.24, 2.45) is 0 Å². The summed E-state index contributed by atoms with van der Waals surface area (Å²) in [4.78, 5) is 3.64. The van der Waals surface area contributed by atoms with Crippen molar-refractivity contribution < 1.29 is 17.5 Å². The van der Waals surface area contributed by atoms with Crippen molar-refractivity contribution in [3.8, 4) is 0 Å². The van der Waals surface area contributed by atoms with E-state index < -0.39 is 10.1 Å². The van der Waals surface area contributed by atoms with Crippen molar-refractivity contribution in [2.45, 2.75) is 38.1 Å². The van der Waals surface area contributed by atoms with Gasteiger partial charge in [-0.25, -0.2) is 0 Å². The molecule has 0 radical (unpaired) electrons. The van der Waals surface area contributed by atoms with E-state index in [4.69, 9.17) is 4.55 Å². The van der Waals surface area contributed by atoms with E-state index in [-0.39, 0.29) is 20.3 Å². The Labute approximate surface area is 199 Å². The second-order valence-corrected chi connectivity index (χ2v) is 12.4. The fourth-order valence-electron chi connectivity index (χ4n) is 3.85. The Kier molecular flexibility index (Phi) is 7.27. The zero-order valence-corrected chi connectivity index (χ0v) is 21.5. The number of nitrogens with zero attached hydrogens (tertiary/aromatic N) is 2. The van der Waals surface area contributed by atoms with Crippen LogP contribution in [0, 0.1) is 0 Å². The zero-order valence-electron chi connectivity index (χ0n) is 18.2. The summed E-state index contributed by atoms with van der Waals surface area (Å²) in [5.74, 6) is -0.222. The first-order valence-electron chi connectivity index (χ1n) is 10.7. The summed E-state index contributed by atoms with van der Waals surface area (Å²) in [5, 5.41) is 1.24. The van der Waals surface area contributed by atoms with E-state index in [0.717, 1.165) is 18.5 Å².